The Labute approximate surface area is 160 Å². The zero-order chi connectivity index (χ0) is 18.9. The fourth-order valence-corrected chi connectivity index (χ4v) is 2.40. The number of nitrogens with one attached hydrogen (secondary N) is 2. The van der Waals surface area contributed by atoms with Crippen molar-refractivity contribution in [3.63, 3.8) is 0 Å². The van der Waals surface area contributed by atoms with Gasteiger partial charge in [0.1, 0.15) is 12.4 Å². The second-order valence-electron chi connectivity index (χ2n) is 5.30. The van der Waals surface area contributed by atoms with Crippen molar-refractivity contribution >= 4 is 39.6 Å². The molecule has 0 aliphatic carbocycles. The van der Waals surface area contributed by atoms with Gasteiger partial charge in [-0.2, -0.15) is 5.10 Å². The van der Waals surface area contributed by atoms with Gasteiger partial charge in [-0.3, -0.25) is 9.59 Å². The molecule has 2 amide bonds. The normalized spacial score (nSPS) is 10.4. The highest BCUT2D eigenvalue weighted by Gasteiger charge is 2.13. The fraction of sp³-hybridized carbons (Fsp3) is 0.105. The van der Waals surface area contributed by atoms with Gasteiger partial charge in [0.25, 0.3) is 0 Å². The van der Waals surface area contributed by atoms with E-state index in [1.54, 1.807) is 36.4 Å². The Bertz CT molecular complexity index is 850. The number of halogens is 1. The van der Waals surface area contributed by atoms with Crippen LogP contribution in [-0.2, 0) is 9.59 Å². The van der Waals surface area contributed by atoms with E-state index in [4.69, 9.17) is 4.74 Å². The number of benzene rings is 2. The molecule has 26 heavy (non-hydrogen) atoms. The van der Waals surface area contributed by atoms with Crippen LogP contribution in [0.25, 0.3) is 0 Å². The summed E-state index contributed by atoms with van der Waals surface area (Å²) in [6.07, 6.45) is 3.03. The third-order valence-corrected chi connectivity index (χ3v) is 3.67. The minimum absolute atomic E-state index is 0.341. The van der Waals surface area contributed by atoms with Crippen LogP contribution in [0.2, 0.25) is 0 Å². The molecule has 134 valence electrons. The quantitative estimate of drug-likeness (QED) is 0.328. The van der Waals surface area contributed by atoms with Gasteiger partial charge < -0.3 is 10.1 Å². The van der Waals surface area contributed by atoms with E-state index in [-0.39, 0.29) is 0 Å². The molecule has 2 aromatic rings. The summed E-state index contributed by atoms with van der Waals surface area (Å²) in [5.74, 6) is -1.09. The van der Waals surface area contributed by atoms with E-state index < -0.39 is 11.8 Å². The average Bonchev–Trinajstić information content (AvgIpc) is 2.61. The lowest BCUT2D eigenvalue weighted by Crippen LogP contribution is -2.32. The predicted molar refractivity (Wildman–Crippen MR) is 105 cm³/mol. The fourth-order valence-electron chi connectivity index (χ4n) is 2.02. The summed E-state index contributed by atoms with van der Waals surface area (Å²) in [5.41, 5.74) is 4.35. The molecule has 2 aromatic carbocycles. The Hall–Kier alpha value is -2.93. The molecule has 0 aliphatic heterocycles. The van der Waals surface area contributed by atoms with Gasteiger partial charge in [0, 0.05) is 15.7 Å². The molecule has 0 radical (unpaired) electrons. The molecule has 2 rings (SSSR count). The van der Waals surface area contributed by atoms with Gasteiger partial charge in [0.2, 0.25) is 0 Å². The number of carbonyl (C=O) groups is 2. The third-order valence-electron chi connectivity index (χ3n) is 3.18. The third kappa shape index (κ3) is 5.86. The molecule has 0 aromatic heterocycles. The van der Waals surface area contributed by atoms with Crippen molar-refractivity contribution in [1.82, 2.24) is 5.43 Å². The van der Waals surface area contributed by atoms with Gasteiger partial charge in [-0.15, -0.1) is 0 Å². The molecule has 0 fully saturated rings. The monoisotopic (exact) mass is 415 g/mol. The Morgan fingerprint density at radius 1 is 1.23 bits per heavy atom. The zero-order valence-corrected chi connectivity index (χ0v) is 15.7. The number of ether oxygens (including phenoxy) is 1. The first-order valence-corrected chi connectivity index (χ1v) is 8.53. The number of amides is 2. The van der Waals surface area contributed by atoms with Crippen LogP contribution in [0.4, 0.5) is 5.69 Å². The smallest absolute Gasteiger partial charge is 0.329 e. The summed E-state index contributed by atoms with van der Waals surface area (Å²) in [5, 5.41) is 6.33. The van der Waals surface area contributed by atoms with Crippen molar-refractivity contribution in [2.45, 2.75) is 6.92 Å². The van der Waals surface area contributed by atoms with Crippen LogP contribution >= 0.6 is 15.9 Å². The Kier molecular flexibility index (Phi) is 7.11. The summed E-state index contributed by atoms with van der Waals surface area (Å²) in [6, 6.07) is 12.5. The first-order chi connectivity index (χ1) is 12.5. The number of aryl methyl sites for hydroxylation is 1. The van der Waals surface area contributed by atoms with Crippen LogP contribution in [-0.4, -0.2) is 24.6 Å². The summed E-state index contributed by atoms with van der Waals surface area (Å²) in [6.45, 7) is 5.83. The van der Waals surface area contributed by atoms with E-state index in [0.717, 1.165) is 10.0 Å². The molecule has 0 aliphatic rings. The molecule has 0 saturated carbocycles. The highest BCUT2D eigenvalue weighted by molar-refractivity contribution is 9.10. The van der Waals surface area contributed by atoms with Crippen molar-refractivity contribution in [3.05, 3.63) is 70.7 Å². The lowest BCUT2D eigenvalue weighted by molar-refractivity contribution is -0.136. The average molecular weight is 416 g/mol. The maximum absolute atomic E-state index is 11.9. The number of carbonyl (C=O) groups excluding carboxylic acids is 2. The minimum Gasteiger partial charge on any atom is -0.489 e. The van der Waals surface area contributed by atoms with Crippen LogP contribution < -0.4 is 15.5 Å². The van der Waals surface area contributed by atoms with Gasteiger partial charge in [-0.05, 0) is 42.8 Å². The van der Waals surface area contributed by atoms with E-state index in [2.05, 4.69) is 38.4 Å². The number of hydrogen-bond donors (Lipinski definition) is 2. The van der Waals surface area contributed by atoms with E-state index in [9.17, 15) is 9.59 Å². The van der Waals surface area contributed by atoms with Crippen molar-refractivity contribution in [2.24, 2.45) is 5.10 Å². The molecular formula is C19H18BrN3O3. The van der Waals surface area contributed by atoms with Crippen LogP contribution in [0, 0.1) is 6.92 Å². The first-order valence-electron chi connectivity index (χ1n) is 7.74. The van der Waals surface area contributed by atoms with Gasteiger partial charge in [0.05, 0.1) is 6.21 Å². The van der Waals surface area contributed by atoms with E-state index in [1.807, 2.05) is 19.1 Å². The number of rotatable bonds is 6. The van der Waals surface area contributed by atoms with E-state index in [0.29, 0.717) is 23.6 Å². The molecular weight excluding hydrogens is 398 g/mol. The lowest BCUT2D eigenvalue weighted by atomic mass is 10.2. The molecule has 0 heterocycles. The largest absolute Gasteiger partial charge is 0.489 e. The highest BCUT2D eigenvalue weighted by atomic mass is 79.9. The van der Waals surface area contributed by atoms with Gasteiger partial charge in [-0.1, -0.05) is 40.7 Å². The Morgan fingerprint density at radius 2 is 2.04 bits per heavy atom. The number of hydrogen-bond acceptors (Lipinski definition) is 4. The summed E-state index contributed by atoms with van der Waals surface area (Å²) in [7, 11) is 0. The second kappa shape index (κ2) is 9.53. The molecule has 0 atom stereocenters. The Morgan fingerprint density at radius 3 is 2.77 bits per heavy atom. The number of nitrogens with zero attached hydrogens (tertiary/aromatic N) is 1. The second-order valence-corrected chi connectivity index (χ2v) is 6.22. The van der Waals surface area contributed by atoms with E-state index in [1.165, 1.54) is 6.21 Å². The van der Waals surface area contributed by atoms with Crippen molar-refractivity contribution in [1.29, 1.82) is 0 Å². The van der Waals surface area contributed by atoms with Crippen LogP contribution in [0.3, 0.4) is 0 Å². The molecule has 7 heteroatoms. The van der Waals surface area contributed by atoms with Crippen LogP contribution in [0.5, 0.6) is 5.75 Å². The van der Waals surface area contributed by atoms with Crippen molar-refractivity contribution < 1.29 is 14.3 Å². The van der Waals surface area contributed by atoms with Gasteiger partial charge in [0.15, 0.2) is 0 Å². The molecule has 0 unspecified atom stereocenters. The number of hydrazone groups is 1. The zero-order valence-electron chi connectivity index (χ0n) is 14.2. The van der Waals surface area contributed by atoms with Crippen molar-refractivity contribution in [2.75, 3.05) is 11.9 Å². The highest BCUT2D eigenvalue weighted by Crippen LogP contribution is 2.21. The topological polar surface area (TPSA) is 79.8 Å². The molecule has 2 N–H and O–H groups in total. The minimum atomic E-state index is -0.869. The number of anilines is 1. The summed E-state index contributed by atoms with van der Waals surface area (Å²) in [4.78, 5) is 23.7. The molecule has 0 bridgehead atoms. The van der Waals surface area contributed by atoms with Crippen LogP contribution in [0.1, 0.15) is 11.1 Å². The Balaban J connectivity index is 1.99. The molecule has 6 nitrogen and oxygen atoms in total. The van der Waals surface area contributed by atoms with Crippen LogP contribution in [0.15, 0.2) is 64.7 Å². The first kappa shape index (κ1) is 19.4. The lowest BCUT2D eigenvalue weighted by Gasteiger charge is -2.07. The summed E-state index contributed by atoms with van der Waals surface area (Å²) < 4.78 is 6.34. The predicted octanol–water partition coefficient (Wildman–Crippen LogP) is 3.41. The standard InChI is InChI=1S/C19H18BrN3O3/c1-3-9-26-17-8-7-15(20)11-14(17)12-21-23-19(25)18(24)22-16-6-4-5-13(2)10-16/h3-8,10-12H,1,9H2,2H3,(H,22,24)(H,23,25). The summed E-state index contributed by atoms with van der Waals surface area (Å²) >= 11 is 3.36. The SMILES string of the molecule is C=CCOc1ccc(Br)cc1C=NNC(=O)C(=O)Nc1cccc(C)c1. The molecule has 0 spiro atoms. The van der Waals surface area contributed by atoms with Gasteiger partial charge in [-0.25, -0.2) is 5.43 Å². The van der Waals surface area contributed by atoms with E-state index >= 15 is 0 Å². The van der Waals surface area contributed by atoms with Crippen molar-refractivity contribution in [3.8, 4) is 5.75 Å². The maximum atomic E-state index is 11.9. The molecule has 0 saturated heterocycles. The van der Waals surface area contributed by atoms with Gasteiger partial charge >= 0.3 is 11.8 Å². The maximum Gasteiger partial charge on any atom is 0.329 e.